The van der Waals surface area contributed by atoms with Gasteiger partial charge < -0.3 is 25.2 Å². The Hall–Kier alpha value is -1.62. The maximum Gasteiger partial charge on any atom is 0.243 e. The van der Waals surface area contributed by atoms with E-state index in [4.69, 9.17) is 4.74 Å². The quantitative estimate of drug-likeness (QED) is 0.357. The van der Waals surface area contributed by atoms with Gasteiger partial charge in [-0.1, -0.05) is 6.07 Å². The van der Waals surface area contributed by atoms with Gasteiger partial charge in [0, 0.05) is 58.7 Å². The molecule has 0 radical (unpaired) electrons. The second-order valence-corrected chi connectivity index (χ2v) is 7.25. The Balaban J connectivity index is 0.00000280. The fraction of sp³-hybridized carbons (Fsp3) is 0.632. The van der Waals surface area contributed by atoms with Crippen LogP contribution in [-0.4, -0.2) is 80.8 Å². The highest BCUT2D eigenvalue weighted by molar-refractivity contribution is 14.0. The number of ether oxygens (including phenoxy) is 1. The van der Waals surface area contributed by atoms with Crippen LogP contribution in [0.25, 0.3) is 0 Å². The number of nitrogens with zero attached hydrogens (tertiary/aromatic N) is 4. The second kappa shape index (κ2) is 11.4. The Bertz CT molecular complexity index is 637. The summed E-state index contributed by atoms with van der Waals surface area (Å²) in [5.74, 6) is 1.70. The summed E-state index contributed by atoms with van der Waals surface area (Å²) < 4.78 is 5.43. The Morgan fingerprint density at radius 1 is 1.25 bits per heavy atom. The molecule has 0 aliphatic carbocycles. The highest BCUT2D eigenvalue weighted by atomic mass is 127. The van der Waals surface area contributed by atoms with Crippen molar-refractivity contribution in [1.29, 1.82) is 0 Å². The number of nitrogens with one attached hydrogen (secondary N) is 2. The second-order valence-electron chi connectivity index (χ2n) is 7.25. The number of halogens is 1. The molecule has 2 N–H and O–H groups in total. The molecule has 0 spiro atoms. The van der Waals surface area contributed by atoms with Crippen molar-refractivity contribution in [2.75, 3.05) is 51.8 Å². The Labute approximate surface area is 184 Å². The third-order valence-electron chi connectivity index (χ3n) is 4.94. The number of pyridine rings is 1. The molecule has 2 fully saturated rings. The molecule has 1 aromatic rings. The molecule has 1 atom stereocenters. The summed E-state index contributed by atoms with van der Waals surface area (Å²) in [6, 6.07) is 6.57. The topological polar surface area (TPSA) is 82.1 Å². The van der Waals surface area contributed by atoms with Crippen LogP contribution in [0.4, 0.5) is 5.82 Å². The van der Waals surface area contributed by atoms with Crippen molar-refractivity contribution in [3.05, 3.63) is 24.4 Å². The summed E-state index contributed by atoms with van der Waals surface area (Å²) in [4.78, 5) is 24.7. The molecule has 3 heterocycles. The van der Waals surface area contributed by atoms with Gasteiger partial charge in [-0.3, -0.25) is 4.79 Å². The minimum atomic E-state index is -0.00962. The number of anilines is 1. The highest BCUT2D eigenvalue weighted by Crippen LogP contribution is 2.17. The lowest BCUT2D eigenvalue weighted by atomic mass is 10.1. The lowest BCUT2D eigenvalue weighted by Gasteiger charge is -2.27. The van der Waals surface area contributed by atoms with Gasteiger partial charge in [0.05, 0.1) is 0 Å². The van der Waals surface area contributed by atoms with E-state index in [0.717, 1.165) is 51.4 Å². The summed E-state index contributed by atoms with van der Waals surface area (Å²) in [5, 5.41) is 7.00. The van der Waals surface area contributed by atoms with E-state index in [9.17, 15) is 4.79 Å². The van der Waals surface area contributed by atoms with Gasteiger partial charge in [0.15, 0.2) is 5.96 Å². The number of likely N-dealkylation sites (N-methyl/N-ethyl adjacent to an activating group) is 1. The van der Waals surface area contributed by atoms with Crippen LogP contribution in [0.5, 0.6) is 0 Å². The fourth-order valence-electron chi connectivity index (χ4n) is 3.28. The van der Waals surface area contributed by atoms with Gasteiger partial charge in [-0.15, -0.1) is 24.0 Å². The van der Waals surface area contributed by atoms with E-state index in [1.54, 1.807) is 19.0 Å². The van der Waals surface area contributed by atoms with Crippen molar-refractivity contribution in [3.8, 4) is 0 Å². The largest absolute Gasteiger partial charge is 0.381 e. The Morgan fingerprint density at radius 3 is 2.68 bits per heavy atom. The first-order valence-electron chi connectivity index (χ1n) is 9.63. The Morgan fingerprint density at radius 2 is 2.00 bits per heavy atom. The van der Waals surface area contributed by atoms with E-state index in [0.29, 0.717) is 12.0 Å². The van der Waals surface area contributed by atoms with Gasteiger partial charge in [0.25, 0.3) is 0 Å². The van der Waals surface area contributed by atoms with Gasteiger partial charge in [-0.25, -0.2) is 9.98 Å². The lowest BCUT2D eigenvalue weighted by Crippen LogP contribution is -2.50. The predicted octanol–water partition coefficient (Wildman–Crippen LogP) is 1.08. The number of hydrogen-bond acceptors (Lipinski definition) is 5. The van der Waals surface area contributed by atoms with Crippen molar-refractivity contribution in [2.45, 2.75) is 31.3 Å². The van der Waals surface area contributed by atoms with Crippen LogP contribution in [0.1, 0.15) is 19.3 Å². The molecular weight excluding hydrogens is 471 g/mol. The molecule has 1 amide bonds. The molecule has 0 saturated carbocycles. The number of hydrogen-bond donors (Lipinski definition) is 2. The van der Waals surface area contributed by atoms with Crippen LogP contribution in [0.2, 0.25) is 0 Å². The number of guanidine groups is 1. The van der Waals surface area contributed by atoms with E-state index in [1.807, 2.05) is 24.4 Å². The number of rotatable bonds is 5. The molecule has 3 rings (SSSR count). The average Bonchev–Trinajstić information content (AvgIpc) is 3.16. The van der Waals surface area contributed by atoms with Crippen LogP contribution in [0.3, 0.4) is 0 Å². The smallest absolute Gasteiger partial charge is 0.243 e. The summed E-state index contributed by atoms with van der Waals surface area (Å²) in [5.41, 5.74) is 0. The third-order valence-corrected chi connectivity index (χ3v) is 4.94. The zero-order valence-electron chi connectivity index (χ0n) is 16.6. The van der Waals surface area contributed by atoms with Gasteiger partial charge in [0.1, 0.15) is 12.4 Å². The molecule has 1 unspecified atom stereocenters. The minimum Gasteiger partial charge on any atom is -0.381 e. The zero-order chi connectivity index (χ0) is 19.1. The average molecular weight is 502 g/mol. The third kappa shape index (κ3) is 6.77. The van der Waals surface area contributed by atoms with E-state index in [1.165, 1.54) is 0 Å². The van der Waals surface area contributed by atoms with Gasteiger partial charge in [-0.2, -0.15) is 0 Å². The minimum absolute atomic E-state index is 0. The van der Waals surface area contributed by atoms with Crippen molar-refractivity contribution < 1.29 is 9.53 Å². The van der Waals surface area contributed by atoms with Gasteiger partial charge >= 0.3 is 0 Å². The van der Waals surface area contributed by atoms with Crippen molar-refractivity contribution in [1.82, 2.24) is 20.5 Å². The van der Waals surface area contributed by atoms with Gasteiger partial charge in [0.2, 0.25) is 5.91 Å². The number of aromatic nitrogens is 1. The predicted molar refractivity (Wildman–Crippen MR) is 121 cm³/mol. The number of aliphatic imine (C=N–C) groups is 1. The highest BCUT2D eigenvalue weighted by Gasteiger charge is 2.25. The van der Waals surface area contributed by atoms with Crippen LogP contribution in [0.15, 0.2) is 29.4 Å². The summed E-state index contributed by atoms with van der Waals surface area (Å²) >= 11 is 0. The molecule has 0 aromatic carbocycles. The maximum absolute atomic E-state index is 11.9. The molecule has 156 valence electrons. The summed E-state index contributed by atoms with van der Waals surface area (Å²) in [6.07, 6.45) is 4.73. The lowest BCUT2D eigenvalue weighted by molar-refractivity contribution is -0.127. The van der Waals surface area contributed by atoms with Crippen LogP contribution in [-0.2, 0) is 9.53 Å². The molecule has 8 nitrogen and oxygen atoms in total. The maximum atomic E-state index is 11.9. The zero-order valence-corrected chi connectivity index (χ0v) is 19.0. The van der Waals surface area contributed by atoms with E-state index in [2.05, 4.69) is 25.5 Å². The Kier molecular flexibility index (Phi) is 9.23. The standard InChI is InChI=1S/C19H30N6O2.HI/c1-24(2)18(26)13-21-19(22-15-7-11-27-12-8-15)23-16-6-10-25(14-16)17-5-3-4-9-20-17;/h3-5,9,15-16H,6-8,10-14H2,1-2H3,(H2,21,22,23);1H. The molecule has 28 heavy (non-hydrogen) atoms. The first-order chi connectivity index (χ1) is 13.1. The first kappa shape index (κ1) is 22.7. The van der Waals surface area contributed by atoms with Crippen molar-refractivity contribution >= 4 is 41.7 Å². The molecule has 1 aromatic heterocycles. The van der Waals surface area contributed by atoms with Crippen LogP contribution >= 0.6 is 24.0 Å². The molecule has 2 aliphatic heterocycles. The molecule has 2 aliphatic rings. The monoisotopic (exact) mass is 502 g/mol. The van der Waals surface area contributed by atoms with Gasteiger partial charge in [-0.05, 0) is 31.4 Å². The number of carbonyl (C=O) groups is 1. The van der Waals surface area contributed by atoms with Crippen molar-refractivity contribution in [2.24, 2.45) is 4.99 Å². The summed E-state index contributed by atoms with van der Waals surface area (Å²) in [7, 11) is 3.50. The molecule has 0 bridgehead atoms. The molecular formula is C19H31IN6O2. The van der Waals surface area contributed by atoms with E-state index in [-0.39, 0.29) is 42.5 Å². The summed E-state index contributed by atoms with van der Waals surface area (Å²) in [6.45, 7) is 3.49. The SMILES string of the molecule is CN(C)C(=O)CN=C(NC1CCOCC1)NC1CCN(c2ccccn2)C1.I. The van der Waals surface area contributed by atoms with Crippen LogP contribution < -0.4 is 15.5 Å². The molecule has 9 heteroatoms. The fourth-order valence-corrected chi connectivity index (χ4v) is 3.28. The number of carbonyl (C=O) groups excluding carboxylic acids is 1. The normalized spacial score (nSPS) is 20.4. The van der Waals surface area contributed by atoms with Crippen molar-refractivity contribution in [3.63, 3.8) is 0 Å². The van der Waals surface area contributed by atoms with E-state index >= 15 is 0 Å². The number of amides is 1. The van der Waals surface area contributed by atoms with Crippen LogP contribution in [0, 0.1) is 0 Å². The molecule has 2 saturated heterocycles. The first-order valence-corrected chi connectivity index (χ1v) is 9.63. The van der Waals surface area contributed by atoms with E-state index < -0.39 is 0 Å².